The highest BCUT2D eigenvalue weighted by Crippen LogP contribution is 2.43. The molecule has 0 aromatic heterocycles. The van der Waals surface area contributed by atoms with Crippen LogP contribution in [0.25, 0.3) is 0 Å². The Morgan fingerprint density at radius 2 is 0.854 bits per heavy atom. The summed E-state index contributed by atoms with van der Waals surface area (Å²) in [4.78, 5) is 27.5. The molecule has 13 rings (SSSR count). The zero-order valence-electron chi connectivity index (χ0n) is 77.1. The van der Waals surface area contributed by atoms with E-state index < -0.39 is 15.4 Å². The lowest BCUT2D eigenvalue weighted by Crippen LogP contribution is -2.41. The third kappa shape index (κ3) is 32.2. The maximum absolute atomic E-state index is 13.2. The van der Waals surface area contributed by atoms with Crippen molar-refractivity contribution in [3.05, 3.63) is 268 Å². The van der Waals surface area contributed by atoms with Gasteiger partial charge < -0.3 is 97.2 Å². The van der Waals surface area contributed by atoms with Crippen LogP contribution in [-0.4, -0.2) is 199 Å². The highest BCUT2D eigenvalue weighted by atomic mass is 32.2. The van der Waals surface area contributed by atoms with E-state index in [1.54, 1.807) is 35.5 Å². The molecule has 3 saturated heterocycles. The van der Waals surface area contributed by atoms with E-state index in [0.29, 0.717) is 137 Å². The number of hydrogen-bond donors (Lipinski definition) is 5. The molecule has 3 fully saturated rings. The number of rotatable bonds is 51. The van der Waals surface area contributed by atoms with Crippen molar-refractivity contribution in [2.75, 3.05) is 170 Å². The summed E-state index contributed by atoms with van der Waals surface area (Å²) in [7, 11) is 5.13. The summed E-state index contributed by atoms with van der Waals surface area (Å²) in [5.41, 5.74) is 12.2. The minimum Gasteiger partial charge on any atom is -0.496 e. The molecule has 4 heterocycles. The van der Waals surface area contributed by atoms with Crippen molar-refractivity contribution >= 4 is 33.2 Å². The fraction of sp³-hybridized carbons (Fsp3) is 0.462. The number of nitrogens with zero attached hydrogens (tertiary/aromatic N) is 1. The molecule has 0 bridgehead atoms. The summed E-state index contributed by atoms with van der Waals surface area (Å²) in [5, 5.41) is 13.4. The van der Waals surface area contributed by atoms with Gasteiger partial charge in [-0.3, -0.25) is 9.59 Å². The lowest BCUT2D eigenvalue weighted by molar-refractivity contribution is -0.122. The van der Waals surface area contributed by atoms with Crippen LogP contribution in [0, 0.1) is 0 Å². The molecular formula is C104H136N6O19S. The summed E-state index contributed by atoms with van der Waals surface area (Å²) in [5.74, 6) is 6.83. The Kier molecular flexibility index (Phi) is 42.3. The Labute approximate surface area is 769 Å². The zero-order valence-corrected chi connectivity index (χ0v) is 77.9. The number of hydrogen-bond acceptors (Lipinski definition) is 22. The van der Waals surface area contributed by atoms with Crippen LogP contribution in [0.15, 0.2) is 212 Å². The minimum absolute atomic E-state index is 0.0144. The van der Waals surface area contributed by atoms with Gasteiger partial charge in [-0.1, -0.05) is 140 Å². The summed E-state index contributed by atoms with van der Waals surface area (Å²) in [6.45, 7) is 18.4. The van der Waals surface area contributed by atoms with Gasteiger partial charge in [0.1, 0.15) is 46.9 Å². The number of nitrogens with one attached hydrogen (secondary N) is 5. The number of methoxy groups -OCH3 is 5. The number of ether oxygens (including phenoxy) is 15. The molecule has 0 unspecified atom stereocenters. The van der Waals surface area contributed by atoms with Gasteiger partial charge in [0.2, 0.25) is 21.8 Å². The number of fused-ring (bicyclic) bond motifs is 1. The maximum Gasteiger partial charge on any atom is 0.237 e. The molecule has 0 saturated carbocycles. The predicted octanol–water partition coefficient (Wildman–Crippen LogP) is 16.0. The van der Waals surface area contributed by atoms with E-state index in [2.05, 4.69) is 92.7 Å². The predicted molar refractivity (Wildman–Crippen MR) is 508 cm³/mol. The van der Waals surface area contributed by atoms with E-state index in [0.717, 1.165) is 181 Å². The summed E-state index contributed by atoms with van der Waals surface area (Å²) >= 11 is 0. The summed E-state index contributed by atoms with van der Waals surface area (Å²) < 4.78 is 112. The van der Waals surface area contributed by atoms with Crippen molar-refractivity contribution in [3.8, 4) is 40.2 Å². The van der Waals surface area contributed by atoms with Gasteiger partial charge in [-0.15, -0.1) is 0 Å². The second-order valence-electron chi connectivity index (χ2n) is 33.3. The van der Waals surface area contributed by atoms with Gasteiger partial charge in [0, 0.05) is 137 Å². The van der Waals surface area contributed by atoms with E-state index in [-0.39, 0.29) is 42.0 Å². The normalized spacial score (nSPS) is 17.6. The monoisotopic (exact) mass is 1800 g/mol. The molecule has 9 aromatic carbocycles. The molecule has 0 radical (unpaired) electrons. The smallest absolute Gasteiger partial charge is 0.237 e. The van der Waals surface area contributed by atoms with Crippen molar-refractivity contribution in [2.24, 2.45) is 0 Å². The second kappa shape index (κ2) is 54.7. The SMILES string of the molecule is COCCCC(=O)Nc1ccccc1CO[C@H]1CNCC[C@@H]1c1ccc(OCCCOCc2ccccc2OC)cc1.COCCCN1C(=O)C(C)(C)c2ccc(CO[C@H]3CNCC[C@@H]3c3ccc(OCCCOCc4ccccc4OC)cc3)cc21.COc1ccccc1COCCCOc1ccc([C@H]2CCNC[C@@H]2OCCOc2ccccc2CCNS(C)(=O)=O)cc1. The first-order valence-electron chi connectivity index (χ1n) is 45.7. The van der Waals surface area contributed by atoms with E-state index >= 15 is 0 Å². The number of benzene rings is 9. The van der Waals surface area contributed by atoms with E-state index in [1.165, 1.54) is 16.7 Å². The quantitative estimate of drug-likeness (QED) is 0.0222. The van der Waals surface area contributed by atoms with Gasteiger partial charge in [-0.2, -0.15) is 0 Å². The van der Waals surface area contributed by atoms with Gasteiger partial charge in [-0.25, -0.2) is 13.1 Å². The molecule has 0 aliphatic carbocycles. The van der Waals surface area contributed by atoms with Crippen LogP contribution >= 0.6 is 0 Å². The molecular weight excluding hydrogens is 1670 g/mol. The van der Waals surface area contributed by atoms with Crippen molar-refractivity contribution < 1.29 is 89.1 Å². The van der Waals surface area contributed by atoms with Crippen LogP contribution in [-0.2, 0) is 102 Å². The molecule has 4 aliphatic rings. The molecule has 5 N–H and O–H groups in total. The third-order valence-electron chi connectivity index (χ3n) is 23.6. The number of para-hydroxylation sites is 5. The Hall–Kier alpha value is -10.0. The highest BCUT2D eigenvalue weighted by Gasteiger charge is 2.44. The minimum atomic E-state index is -3.22. The Bertz CT molecular complexity index is 4930. The summed E-state index contributed by atoms with van der Waals surface area (Å²) in [6, 6.07) is 70.7. The van der Waals surface area contributed by atoms with Crippen molar-refractivity contribution in [1.82, 2.24) is 20.7 Å². The van der Waals surface area contributed by atoms with Gasteiger partial charge in [0.15, 0.2) is 0 Å². The van der Waals surface area contributed by atoms with Crippen LogP contribution in [0.1, 0.15) is 145 Å². The largest absolute Gasteiger partial charge is 0.496 e. The van der Waals surface area contributed by atoms with E-state index in [1.807, 2.05) is 164 Å². The fourth-order valence-electron chi connectivity index (χ4n) is 16.6. The third-order valence-corrected chi connectivity index (χ3v) is 24.3. The Morgan fingerprint density at radius 1 is 0.431 bits per heavy atom. The molecule has 130 heavy (non-hydrogen) atoms. The van der Waals surface area contributed by atoms with Crippen LogP contribution in [0.3, 0.4) is 0 Å². The van der Waals surface area contributed by atoms with Gasteiger partial charge in [0.25, 0.3) is 0 Å². The molecule has 2 amide bonds. The number of amides is 2. The van der Waals surface area contributed by atoms with Gasteiger partial charge >= 0.3 is 0 Å². The van der Waals surface area contributed by atoms with Crippen LogP contribution < -0.4 is 64.0 Å². The number of anilines is 2. The van der Waals surface area contributed by atoms with Crippen molar-refractivity contribution in [1.29, 1.82) is 0 Å². The van der Waals surface area contributed by atoms with Crippen LogP contribution in [0.5, 0.6) is 40.2 Å². The molecule has 0 spiro atoms. The van der Waals surface area contributed by atoms with E-state index in [4.69, 9.17) is 71.1 Å². The Morgan fingerprint density at radius 3 is 1.32 bits per heavy atom. The summed E-state index contributed by atoms with van der Waals surface area (Å²) in [6.07, 6.45) is 9.15. The average Bonchev–Trinajstić information content (AvgIpc) is 1.59. The number of piperidine rings is 3. The average molecular weight is 1810 g/mol. The van der Waals surface area contributed by atoms with Crippen LogP contribution in [0.2, 0.25) is 0 Å². The first-order valence-corrected chi connectivity index (χ1v) is 47.6. The van der Waals surface area contributed by atoms with Crippen molar-refractivity contribution in [3.63, 3.8) is 0 Å². The number of carbonyl (C=O) groups is 2. The Balaban J connectivity index is 0.000000189. The number of carbonyl (C=O) groups excluding carboxylic acids is 2. The van der Waals surface area contributed by atoms with Crippen molar-refractivity contribution in [2.45, 2.75) is 153 Å². The lowest BCUT2D eigenvalue weighted by Gasteiger charge is -2.33. The van der Waals surface area contributed by atoms with Gasteiger partial charge in [0.05, 0.1) is 131 Å². The molecule has 25 nitrogen and oxygen atoms in total. The fourth-order valence-corrected chi connectivity index (χ4v) is 17.0. The lowest BCUT2D eigenvalue weighted by atomic mass is 9.86. The standard InChI is InChI=1S/C37H48N2O6.C34H44N2O6.C33H44N2O7S/c1-37(2)32-16-11-27(23-33(32)39(36(37)40)19-7-20-41-3)25-45-35-24-38-18-17-31(35)28-12-14-30(15-13-28)44-22-8-21-43-26-29-9-5-6-10-34(29)42-4;1-38-20-7-13-34(37)36-31-11-5-3-9-27(31)25-42-33-23-35-19-18-30(33)26-14-16-29(17-15-26)41-22-8-21-40-24-28-10-4-6-12-32(28)39-2;1-38-31-10-5-4-9-28(31)25-39-20-7-21-40-29-14-12-26(13-15-29)30-17-18-34-24-33(30)42-23-22-41-32-11-6-3-8-27(32)16-19-35-43(2,36)37/h5-6,9-16,23,31,35,38H,7-8,17-22,24-26H2,1-4H3;3-6,9-12,14-17,30,33,35H,7-8,13,18-25H2,1-2H3,(H,36,37);3-6,8-15,30,33-35H,7,16-25H2,1-2H3/t31-,35+;2*30-,33+/m111/s1. The molecule has 26 heteroatoms. The first kappa shape index (κ1) is 101. The second-order valence-corrected chi connectivity index (χ2v) is 35.1. The van der Waals surface area contributed by atoms with E-state index in [9.17, 15) is 18.0 Å². The van der Waals surface area contributed by atoms with Gasteiger partial charge in [-0.05, 0) is 178 Å². The maximum atomic E-state index is 13.2. The zero-order chi connectivity index (χ0) is 91.4. The molecule has 9 aromatic rings. The first-order chi connectivity index (χ1) is 63.5. The molecule has 4 aliphatic heterocycles. The molecule has 6 atom stereocenters. The number of sulfonamides is 1. The topological polar surface area (TPSA) is 270 Å². The molecule has 702 valence electrons. The van der Waals surface area contributed by atoms with Crippen LogP contribution in [0.4, 0.5) is 11.4 Å². The highest BCUT2D eigenvalue weighted by molar-refractivity contribution is 7.88.